The van der Waals surface area contributed by atoms with Crippen molar-refractivity contribution in [2.75, 3.05) is 17.2 Å². The minimum Gasteiger partial charge on any atom is -0.354 e. The largest absolute Gasteiger partial charge is 0.354 e. The Morgan fingerprint density at radius 2 is 1.81 bits per heavy atom. The summed E-state index contributed by atoms with van der Waals surface area (Å²) in [6.07, 6.45) is 3.22. The van der Waals surface area contributed by atoms with E-state index >= 15 is 0 Å². The molecule has 0 atom stereocenters. The monoisotopic (exact) mass is 300 g/mol. The molecule has 0 spiro atoms. The number of halogens is 1. The second-order valence-corrected chi connectivity index (χ2v) is 4.72. The van der Waals surface area contributed by atoms with Crippen LogP contribution in [0.4, 0.5) is 17.5 Å². The molecule has 6 nitrogen and oxygen atoms in total. The van der Waals surface area contributed by atoms with Gasteiger partial charge in [-0.15, -0.1) is 0 Å². The van der Waals surface area contributed by atoms with E-state index in [1.165, 1.54) is 0 Å². The quantitative estimate of drug-likeness (QED) is 0.770. The van der Waals surface area contributed by atoms with Gasteiger partial charge in [0.25, 0.3) is 0 Å². The molecule has 21 heavy (non-hydrogen) atoms. The fraction of sp³-hybridized carbons (Fsp3) is 0.143. The molecule has 3 rings (SSSR count). The highest BCUT2D eigenvalue weighted by atomic mass is 35.5. The Morgan fingerprint density at radius 1 is 1.05 bits per heavy atom. The van der Waals surface area contributed by atoms with Crippen LogP contribution in [0.5, 0.6) is 0 Å². The van der Waals surface area contributed by atoms with Crippen LogP contribution < -0.4 is 10.6 Å². The van der Waals surface area contributed by atoms with Gasteiger partial charge < -0.3 is 10.6 Å². The van der Waals surface area contributed by atoms with E-state index in [4.69, 9.17) is 11.6 Å². The van der Waals surface area contributed by atoms with Gasteiger partial charge in [0.05, 0.1) is 0 Å². The number of aromatic nitrogens is 4. The van der Waals surface area contributed by atoms with E-state index in [9.17, 15) is 0 Å². The van der Waals surface area contributed by atoms with Crippen LogP contribution in [0.2, 0.25) is 5.02 Å². The summed E-state index contributed by atoms with van der Waals surface area (Å²) in [5.41, 5.74) is 2.03. The van der Waals surface area contributed by atoms with Crippen LogP contribution in [0.15, 0.2) is 36.7 Å². The third-order valence-electron chi connectivity index (χ3n) is 2.77. The molecule has 0 saturated carbocycles. The SMILES string of the molecule is CCNc1nc(Nc2ccc(Cl)cc2)c2nccnc2n1. The minimum absolute atomic E-state index is 0.516. The molecule has 0 aliphatic heterocycles. The molecule has 0 amide bonds. The Kier molecular flexibility index (Phi) is 3.79. The molecule has 2 heterocycles. The lowest BCUT2D eigenvalue weighted by atomic mass is 10.3. The number of nitrogens with one attached hydrogen (secondary N) is 2. The third kappa shape index (κ3) is 3.00. The molecular weight excluding hydrogens is 288 g/mol. The summed E-state index contributed by atoms with van der Waals surface area (Å²) in [7, 11) is 0. The molecule has 3 aromatic rings. The maximum atomic E-state index is 5.89. The average Bonchev–Trinajstić information content (AvgIpc) is 2.50. The Hall–Kier alpha value is -2.47. The molecule has 0 radical (unpaired) electrons. The van der Waals surface area contributed by atoms with Crippen LogP contribution in [0, 0.1) is 0 Å². The standard InChI is InChI=1S/C14H13ClN6/c1-2-16-14-20-12-11(17-7-8-18-12)13(21-14)19-10-5-3-9(15)4-6-10/h3-8H,2H2,1H3,(H2,16,18,19,20,21). The van der Waals surface area contributed by atoms with Gasteiger partial charge in [0, 0.05) is 29.6 Å². The van der Waals surface area contributed by atoms with Crippen molar-refractivity contribution >= 4 is 40.2 Å². The summed E-state index contributed by atoms with van der Waals surface area (Å²) in [5.74, 6) is 1.12. The van der Waals surface area contributed by atoms with Crippen molar-refractivity contribution in [3.63, 3.8) is 0 Å². The lowest BCUT2D eigenvalue weighted by Crippen LogP contribution is -2.06. The van der Waals surface area contributed by atoms with E-state index in [1.807, 2.05) is 31.2 Å². The van der Waals surface area contributed by atoms with E-state index in [1.54, 1.807) is 12.4 Å². The molecule has 0 saturated heterocycles. The number of rotatable bonds is 4. The molecule has 106 valence electrons. The maximum Gasteiger partial charge on any atom is 0.226 e. The molecule has 0 bridgehead atoms. The van der Waals surface area contributed by atoms with E-state index in [-0.39, 0.29) is 0 Å². The van der Waals surface area contributed by atoms with Gasteiger partial charge in [0.1, 0.15) is 0 Å². The summed E-state index contributed by atoms with van der Waals surface area (Å²) in [4.78, 5) is 17.3. The van der Waals surface area contributed by atoms with Gasteiger partial charge in [-0.25, -0.2) is 9.97 Å². The van der Waals surface area contributed by atoms with Crippen LogP contribution in [0.1, 0.15) is 6.92 Å². The molecule has 0 aliphatic carbocycles. The first-order valence-electron chi connectivity index (χ1n) is 6.51. The summed E-state index contributed by atoms with van der Waals surface area (Å²) in [6.45, 7) is 2.71. The smallest absolute Gasteiger partial charge is 0.226 e. The van der Waals surface area contributed by atoms with Crippen LogP contribution in [0.25, 0.3) is 11.2 Å². The van der Waals surface area contributed by atoms with Crippen LogP contribution in [0.3, 0.4) is 0 Å². The second kappa shape index (κ2) is 5.88. The Balaban J connectivity index is 2.04. The molecule has 7 heteroatoms. The number of hydrogen-bond acceptors (Lipinski definition) is 6. The Bertz CT molecular complexity index is 759. The van der Waals surface area contributed by atoms with Gasteiger partial charge in [-0.1, -0.05) is 11.6 Å². The average molecular weight is 301 g/mol. The van der Waals surface area contributed by atoms with Crippen LogP contribution >= 0.6 is 11.6 Å². The summed E-state index contributed by atoms with van der Waals surface area (Å²) < 4.78 is 0. The summed E-state index contributed by atoms with van der Waals surface area (Å²) in [5, 5.41) is 6.99. The van der Waals surface area contributed by atoms with Crippen molar-refractivity contribution in [3.8, 4) is 0 Å². The summed E-state index contributed by atoms with van der Waals surface area (Å²) >= 11 is 5.89. The zero-order chi connectivity index (χ0) is 14.7. The number of anilines is 3. The molecule has 0 aliphatic rings. The first-order chi connectivity index (χ1) is 10.3. The number of benzene rings is 1. The van der Waals surface area contributed by atoms with Gasteiger partial charge in [0.15, 0.2) is 17.0 Å². The van der Waals surface area contributed by atoms with Gasteiger partial charge in [-0.3, -0.25) is 0 Å². The number of hydrogen-bond donors (Lipinski definition) is 2. The lowest BCUT2D eigenvalue weighted by Gasteiger charge is -2.10. The van der Waals surface area contributed by atoms with Crippen molar-refractivity contribution in [1.82, 2.24) is 19.9 Å². The van der Waals surface area contributed by atoms with Gasteiger partial charge in [0.2, 0.25) is 5.95 Å². The van der Waals surface area contributed by atoms with E-state index in [0.29, 0.717) is 28.0 Å². The normalized spacial score (nSPS) is 10.6. The first-order valence-corrected chi connectivity index (χ1v) is 6.89. The fourth-order valence-corrected chi connectivity index (χ4v) is 1.98. The minimum atomic E-state index is 0.516. The molecule has 1 aromatic carbocycles. The first kappa shape index (κ1) is 13.5. The van der Waals surface area contributed by atoms with Gasteiger partial charge in [-0.2, -0.15) is 9.97 Å². The van der Waals surface area contributed by atoms with E-state index in [0.717, 1.165) is 12.2 Å². The highest BCUT2D eigenvalue weighted by Gasteiger charge is 2.09. The van der Waals surface area contributed by atoms with E-state index < -0.39 is 0 Å². The number of fused-ring (bicyclic) bond motifs is 1. The lowest BCUT2D eigenvalue weighted by molar-refractivity contribution is 1.09. The van der Waals surface area contributed by atoms with Gasteiger partial charge in [-0.05, 0) is 31.2 Å². The van der Waals surface area contributed by atoms with Crippen molar-refractivity contribution in [2.24, 2.45) is 0 Å². The Labute approximate surface area is 126 Å². The van der Waals surface area contributed by atoms with Crippen molar-refractivity contribution in [1.29, 1.82) is 0 Å². The highest BCUT2D eigenvalue weighted by molar-refractivity contribution is 6.30. The fourth-order valence-electron chi connectivity index (χ4n) is 1.86. The molecule has 2 aromatic heterocycles. The molecule has 2 N–H and O–H groups in total. The Morgan fingerprint density at radius 3 is 2.57 bits per heavy atom. The molecular formula is C14H13ClN6. The third-order valence-corrected chi connectivity index (χ3v) is 3.03. The number of nitrogens with zero attached hydrogens (tertiary/aromatic N) is 4. The van der Waals surface area contributed by atoms with Crippen molar-refractivity contribution < 1.29 is 0 Å². The van der Waals surface area contributed by atoms with Crippen molar-refractivity contribution in [2.45, 2.75) is 6.92 Å². The summed E-state index contributed by atoms with van der Waals surface area (Å²) in [6, 6.07) is 7.37. The molecule has 0 fully saturated rings. The maximum absolute atomic E-state index is 5.89. The topological polar surface area (TPSA) is 75.6 Å². The zero-order valence-corrected chi connectivity index (χ0v) is 12.1. The van der Waals surface area contributed by atoms with Gasteiger partial charge >= 0.3 is 0 Å². The predicted octanol–water partition coefficient (Wildman–Crippen LogP) is 3.25. The predicted molar refractivity (Wildman–Crippen MR) is 84.0 cm³/mol. The van der Waals surface area contributed by atoms with E-state index in [2.05, 4.69) is 30.6 Å². The second-order valence-electron chi connectivity index (χ2n) is 4.29. The highest BCUT2D eigenvalue weighted by Crippen LogP contribution is 2.23. The van der Waals surface area contributed by atoms with Crippen LogP contribution in [-0.4, -0.2) is 26.5 Å². The zero-order valence-electron chi connectivity index (χ0n) is 11.3. The van der Waals surface area contributed by atoms with Crippen molar-refractivity contribution in [3.05, 3.63) is 41.7 Å². The molecule has 0 unspecified atom stereocenters. The van der Waals surface area contributed by atoms with Crippen LogP contribution in [-0.2, 0) is 0 Å².